The highest BCUT2D eigenvalue weighted by atomic mass is 16.2. The number of nitrogens with two attached hydrogens (primary N) is 1. The van der Waals surface area contributed by atoms with Crippen molar-refractivity contribution in [3.63, 3.8) is 0 Å². The molecule has 0 bridgehead atoms. The smallest absolute Gasteiger partial charge is 0.222 e. The zero-order chi connectivity index (χ0) is 13.2. The second-order valence-electron chi connectivity index (χ2n) is 5.87. The van der Waals surface area contributed by atoms with Crippen molar-refractivity contribution in [2.24, 2.45) is 17.6 Å². The summed E-state index contributed by atoms with van der Waals surface area (Å²) in [6.45, 7) is 2.50. The molecule has 2 N–H and O–H groups in total. The first-order valence-corrected chi connectivity index (χ1v) is 7.23. The number of rotatable bonds is 5. The van der Waals surface area contributed by atoms with Crippen LogP contribution in [0.2, 0.25) is 0 Å². The van der Waals surface area contributed by atoms with Gasteiger partial charge in [-0.05, 0) is 31.1 Å². The number of amides is 1. The number of hydrogen-bond acceptors (Lipinski definition) is 3. The number of carbonyl (C=O) groups is 1. The van der Waals surface area contributed by atoms with Crippen LogP contribution in [0.15, 0.2) is 18.7 Å². The summed E-state index contributed by atoms with van der Waals surface area (Å²) in [5, 5.41) is 0. The SMILES string of the molecule is N[C@H]1CN(C(=O)CCCn2ccnc2)C[C@@H]1C1CC1. The Labute approximate surface area is 113 Å². The molecule has 1 saturated heterocycles. The molecule has 1 aromatic rings. The molecule has 2 aliphatic rings. The van der Waals surface area contributed by atoms with Gasteiger partial charge in [-0.3, -0.25) is 4.79 Å². The summed E-state index contributed by atoms with van der Waals surface area (Å²) in [5.74, 6) is 1.61. The average molecular weight is 262 g/mol. The third kappa shape index (κ3) is 2.97. The van der Waals surface area contributed by atoms with Crippen LogP contribution in [-0.4, -0.2) is 39.5 Å². The number of aryl methyl sites for hydroxylation is 1. The third-order valence-electron chi connectivity index (χ3n) is 4.36. The standard InChI is InChI=1S/C14H22N4O/c15-13-9-18(8-12(13)11-3-4-11)14(19)2-1-6-17-7-5-16-10-17/h5,7,10-13H,1-4,6,8-9,15H2/t12-,13+/m1/s1. The molecule has 5 nitrogen and oxygen atoms in total. The Morgan fingerprint density at radius 2 is 2.21 bits per heavy atom. The minimum atomic E-state index is 0.199. The summed E-state index contributed by atoms with van der Waals surface area (Å²) < 4.78 is 2.01. The fourth-order valence-corrected chi connectivity index (χ4v) is 3.07. The summed E-state index contributed by atoms with van der Waals surface area (Å²) in [7, 11) is 0. The van der Waals surface area contributed by atoms with Gasteiger partial charge in [0.1, 0.15) is 0 Å². The van der Waals surface area contributed by atoms with E-state index < -0.39 is 0 Å². The highest BCUT2D eigenvalue weighted by molar-refractivity contribution is 5.76. The van der Waals surface area contributed by atoms with Crippen LogP contribution >= 0.6 is 0 Å². The average Bonchev–Trinajstić information content (AvgIpc) is 2.96. The topological polar surface area (TPSA) is 64.2 Å². The maximum Gasteiger partial charge on any atom is 0.222 e. The zero-order valence-electron chi connectivity index (χ0n) is 11.2. The predicted octanol–water partition coefficient (Wildman–Crippen LogP) is 0.859. The first kappa shape index (κ1) is 12.7. The van der Waals surface area contributed by atoms with Crippen molar-refractivity contribution >= 4 is 5.91 Å². The predicted molar refractivity (Wildman–Crippen MR) is 72.2 cm³/mol. The molecule has 0 aromatic carbocycles. The number of aromatic nitrogens is 2. The first-order valence-electron chi connectivity index (χ1n) is 7.23. The van der Waals surface area contributed by atoms with E-state index in [4.69, 9.17) is 5.73 Å². The van der Waals surface area contributed by atoms with Gasteiger partial charge >= 0.3 is 0 Å². The van der Waals surface area contributed by atoms with Gasteiger partial charge in [-0.2, -0.15) is 0 Å². The van der Waals surface area contributed by atoms with E-state index >= 15 is 0 Å². The van der Waals surface area contributed by atoms with E-state index in [9.17, 15) is 4.79 Å². The molecule has 2 atom stereocenters. The maximum absolute atomic E-state index is 12.2. The fourth-order valence-electron chi connectivity index (χ4n) is 3.07. The second-order valence-corrected chi connectivity index (χ2v) is 5.87. The van der Waals surface area contributed by atoms with Crippen molar-refractivity contribution in [3.05, 3.63) is 18.7 Å². The molecule has 1 saturated carbocycles. The molecule has 5 heteroatoms. The molecule has 19 heavy (non-hydrogen) atoms. The highest BCUT2D eigenvalue weighted by Gasteiger charge is 2.41. The summed E-state index contributed by atoms with van der Waals surface area (Å²) >= 11 is 0. The van der Waals surface area contributed by atoms with Crippen molar-refractivity contribution < 1.29 is 4.79 Å². The Morgan fingerprint density at radius 1 is 1.37 bits per heavy atom. The van der Waals surface area contributed by atoms with Crippen molar-refractivity contribution in [2.45, 2.75) is 38.3 Å². The van der Waals surface area contributed by atoms with Crippen LogP contribution in [0.4, 0.5) is 0 Å². The lowest BCUT2D eigenvalue weighted by Crippen LogP contribution is -2.32. The molecule has 0 unspecified atom stereocenters. The molecule has 3 rings (SSSR count). The molecule has 1 aliphatic carbocycles. The van der Waals surface area contributed by atoms with Gasteiger partial charge in [-0.1, -0.05) is 0 Å². The molecule has 1 aliphatic heterocycles. The van der Waals surface area contributed by atoms with E-state index in [1.807, 2.05) is 15.7 Å². The fraction of sp³-hybridized carbons (Fsp3) is 0.714. The van der Waals surface area contributed by atoms with E-state index in [1.54, 1.807) is 12.5 Å². The normalized spacial score (nSPS) is 26.9. The maximum atomic E-state index is 12.2. The number of likely N-dealkylation sites (tertiary alicyclic amines) is 1. The lowest BCUT2D eigenvalue weighted by atomic mass is 9.99. The molecule has 2 heterocycles. The van der Waals surface area contributed by atoms with Gasteiger partial charge < -0.3 is 15.2 Å². The van der Waals surface area contributed by atoms with Crippen molar-refractivity contribution in [1.82, 2.24) is 14.5 Å². The quantitative estimate of drug-likeness (QED) is 0.856. The van der Waals surface area contributed by atoms with Crippen molar-refractivity contribution in [1.29, 1.82) is 0 Å². The minimum Gasteiger partial charge on any atom is -0.341 e. The molecule has 104 valence electrons. The van der Waals surface area contributed by atoms with Gasteiger partial charge in [0.05, 0.1) is 6.33 Å². The van der Waals surface area contributed by atoms with Gasteiger partial charge in [0.15, 0.2) is 0 Å². The number of nitrogens with zero attached hydrogens (tertiary/aromatic N) is 3. The molecule has 1 aromatic heterocycles. The largest absolute Gasteiger partial charge is 0.341 e. The highest BCUT2D eigenvalue weighted by Crippen LogP contribution is 2.40. The monoisotopic (exact) mass is 262 g/mol. The lowest BCUT2D eigenvalue weighted by Gasteiger charge is -2.16. The molecule has 0 radical (unpaired) electrons. The van der Waals surface area contributed by atoms with Crippen LogP contribution in [0.3, 0.4) is 0 Å². The number of imidazole rings is 1. The summed E-state index contributed by atoms with van der Waals surface area (Å²) in [6, 6.07) is 0.199. The third-order valence-corrected chi connectivity index (χ3v) is 4.36. The van der Waals surface area contributed by atoms with E-state index in [2.05, 4.69) is 4.98 Å². The Morgan fingerprint density at radius 3 is 2.89 bits per heavy atom. The summed E-state index contributed by atoms with van der Waals surface area (Å²) in [4.78, 5) is 18.1. The van der Waals surface area contributed by atoms with Crippen molar-refractivity contribution in [3.8, 4) is 0 Å². The molecule has 1 amide bonds. The van der Waals surface area contributed by atoms with Crippen molar-refractivity contribution in [2.75, 3.05) is 13.1 Å². The van der Waals surface area contributed by atoms with Gasteiger partial charge in [0.25, 0.3) is 0 Å². The number of hydrogen-bond donors (Lipinski definition) is 1. The molecular weight excluding hydrogens is 240 g/mol. The second kappa shape index (κ2) is 5.33. The van der Waals surface area contributed by atoms with Gasteiger partial charge in [-0.25, -0.2) is 4.98 Å². The van der Waals surface area contributed by atoms with Crippen LogP contribution in [0.1, 0.15) is 25.7 Å². The Hall–Kier alpha value is -1.36. The van der Waals surface area contributed by atoms with E-state index in [0.29, 0.717) is 12.3 Å². The Kier molecular flexibility index (Phi) is 3.55. The van der Waals surface area contributed by atoms with Gasteiger partial charge in [-0.15, -0.1) is 0 Å². The number of carbonyl (C=O) groups excluding carboxylic acids is 1. The minimum absolute atomic E-state index is 0.199. The zero-order valence-corrected chi connectivity index (χ0v) is 11.2. The first-order chi connectivity index (χ1) is 9.24. The van der Waals surface area contributed by atoms with Crippen LogP contribution in [0, 0.1) is 11.8 Å². The Balaban J connectivity index is 1.43. The van der Waals surface area contributed by atoms with E-state index in [-0.39, 0.29) is 11.9 Å². The molecule has 2 fully saturated rings. The summed E-state index contributed by atoms with van der Waals surface area (Å²) in [6.07, 6.45) is 9.58. The van der Waals surface area contributed by atoms with Crippen LogP contribution < -0.4 is 5.73 Å². The van der Waals surface area contributed by atoms with Crippen LogP contribution in [-0.2, 0) is 11.3 Å². The van der Waals surface area contributed by atoms with Crippen LogP contribution in [0.5, 0.6) is 0 Å². The van der Waals surface area contributed by atoms with Crippen LogP contribution in [0.25, 0.3) is 0 Å². The Bertz CT molecular complexity index is 427. The summed E-state index contributed by atoms with van der Waals surface area (Å²) in [5.41, 5.74) is 6.15. The van der Waals surface area contributed by atoms with Gasteiger partial charge in [0.2, 0.25) is 5.91 Å². The molecule has 0 spiro atoms. The van der Waals surface area contributed by atoms with E-state index in [1.165, 1.54) is 12.8 Å². The van der Waals surface area contributed by atoms with E-state index in [0.717, 1.165) is 32.0 Å². The van der Waals surface area contributed by atoms with Gasteiger partial charge in [0, 0.05) is 44.5 Å². The molecular formula is C14H22N4O. The lowest BCUT2D eigenvalue weighted by molar-refractivity contribution is -0.130.